The number of nitrogens with zero attached hydrogens (tertiary/aromatic N) is 2. The third-order valence-corrected chi connectivity index (χ3v) is 6.95. The molecule has 3 rings (SSSR count). The van der Waals surface area contributed by atoms with E-state index in [9.17, 15) is 18.0 Å². The summed E-state index contributed by atoms with van der Waals surface area (Å²) in [4.78, 5) is 30.1. The average Bonchev–Trinajstić information content (AvgIpc) is 3.22. The maximum Gasteiger partial charge on any atom is 0.306 e. The van der Waals surface area contributed by atoms with Crippen molar-refractivity contribution in [1.29, 1.82) is 0 Å². The van der Waals surface area contributed by atoms with Crippen molar-refractivity contribution < 1.29 is 22.7 Å². The zero-order valence-corrected chi connectivity index (χ0v) is 18.0. The molecule has 9 heteroatoms. The van der Waals surface area contributed by atoms with Gasteiger partial charge in [0.1, 0.15) is 6.61 Å². The molecule has 29 heavy (non-hydrogen) atoms. The van der Waals surface area contributed by atoms with Crippen LogP contribution in [0.25, 0.3) is 0 Å². The van der Waals surface area contributed by atoms with Crippen LogP contribution in [0.5, 0.6) is 0 Å². The third kappa shape index (κ3) is 5.30. The van der Waals surface area contributed by atoms with Crippen LogP contribution in [-0.2, 0) is 30.8 Å². The molecule has 0 saturated heterocycles. The van der Waals surface area contributed by atoms with Gasteiger partial charge in [-0.1, -0.05) is 12.1 Å². The Hall–Kier alpha value is -2.52. The fourth-order valence-electron chi connectivity index (χ4n) is 2.95. The Balaban J connectivity index is 1.64. The lowest BCUT2D eigenvalue weighted by atomic mass is 10.1. The first-order chi connectivity index (χ1) is 13.6. The second kappa shape index (κ2) is 8.46. The fourth-order valence-corrected chi connectivity index (χ4v) is 5.22. The summed E-state index contributed by atoms with van der Waals surface area (Å²) >= 11 is 1.29. The van der Waals surface area contributed by atoms with Gasteiger partial charge in [-0.2, -0.15) is 0 Å². The van der Waals surface area contributed by atoms with Crippen LogP contribution >= 0.6 is 11.3 Å². The zero-order valence-electron chi connectivity index (χ0n) is 16.4. The number of hydrogen-bond acceptors (Lipinski definition) is 7. The minimum absolute atomic E-state index is 0.00887. The number of aryl methyl sites for hydroxylation is 2. The molecule has 0 bridgehead atoms. The first kappa shape index (κ1) is 21.2. The molecule has 2 heterocycles. The van der Waals surface area contributed by atoms with E-state index in [0.717, 1.165) is 22.2 Å². The molecule has 1 atom stereocenters. The van der Waals surface area contributed by atoms with Crippen molar-refractivity contribution in [2.75, 3.05) is 10.7 Å². The summed E-state index contributed by atoms with van der Waals surface area (Å²) in [6, 6.07) is 5.75. The van der Waals surface area contributed by atoms with Crippen molar-refractivity contribution in [2.45, 2.75) is 33.8 Å². The molecule has 154 valence electrons. The van der Waals surface area contributed by atoms with Gasteiger partial charge in [-0.15, -0.1) is 11.3 Å². The molecule has 0 aliphatic carbocycles. The number of carbonyl (C=O) groups is 2. The number of aromatic nitrogens is 1. The van der Waals surface area contributed by atoms with E-state index >= 15 is 0 Å². The number of hydrogen-bond donors (Lipinski definition) is 0. The van der Waals surface area contributed by atoms with E-state index in [0.29, 0.717) is 10.8 Å². The Morgan fingerprint density at radius 2 is 2.03 bits per heavy atom. The van der Waals surface area contributed by atoms with Gasteiger partial charge in [-0.3, -0.25) is 14.5 Å². The molecular formula is C20H22N2O5S2. The predicted molar refractivity (Wildman–Crippen MR) is 112 cm³/mol. The van der Waals surface area contributed by atoms with Crippen LogP contribution in [0.2, 0.25) is 0 Å². The van der Waals surface area contributed by atoms with E-state index in [1.165, 1.54) is 29.2 Å². The maximum atomic E-state index is 12.2. The van der Waals surface area contributed by atoms with Crippen molar-refractivity contribution in [3.8, 4) is 0 Å². The first-order valence-electron chi connectivity index (χ1n) is 9.03. The Bertz CT molecular complexity index is 1070. The normalized spacial score (nSPS) is 17.3. The SMILES string of the molecule is CC(=O)N(c1ccc(C)c(C)c1)c1nc(COC(=O)C[C@@H]2C=CS(=O)(=O)C2)cs1. The van der Waals surface area contributed by atoms with E-state index in [4.69, 9.17) is 4.74 Å². The highest BCUT2D eigenvalue weighted by Gasteiger charge is 2.25. The number of allylic oxidation sites excluding steroid dienone is 1. The van der Waals surface area contributed by atoms with Gasteiger partial charge in [0.15, 0.2) is 15.0 Å². The van der Waals surface area contributed by atoms with E-state index in [1.807, 2.05) is 32.0 Å². The Morgan fingerprint density at radius 1 is 1.28 bits per heavy atom. The molecule has 1 aromatic carbocycles. The maximum absolute atomic E-state index is 12.2. The Labute approximate surface area is 173 Å². The number of esters is 1. The highest BCUT2D eigenvalue weighted by atomic mass is 32.2. The smallest absolute Gasteiger partial charge is 0.306 e. The minimum atomic E-state index is -3.19. The highest BCUT2D eigenvalue weighted by molar-refractivity contribution is 7.94. The minimum Gasteiger partial charge on any atom is -0.459 e. The summed E-state index contributed by atoms with van der Waals surface area (Å²) in [5, 5.41) is 3.37. The molecule has 7 nitrogen and oxygen atoms in total. The van der Waals surface area contributed by atoms with Gasteiger partial charge in [0.05, 0.1) is 23.6 Å². The lowest BCUT2D eigenvalue weighted by molar-refractivity contribution is -0.145. The van der Waals surface area contributed by atoms with Crippen molar-refractivity contribution >= 4 is 43.9 Å². The van der Waals surface area contributed by atoms with Crippen LogP contribution in [0.3, 0.4) is 0 Å². The van der Waals surface area contributed by atoms with Gasteiger partial charge in [0.2, 0.25) is 5.91 Å². The third-order valence-electron chi connectivity index (χ3n) is 4.61. The second-order valence-electron chi connectivity index (χ2n) is 7.03. The van der Waals surface area contributed by atoms with Crippen LogP contribution in [0, 0.1) is 19.8 Å². The summed E-state index contributed by atoms with van der Waals surface area (Å²) < 4.78 is 28.0. The van der Waals surface area contributed by atoms with Crippen LogP contribution in [0.15, 0.2) is 35.1 Å². The fraction of sp³-hybridized carbons (Fsp3) is 0.350. The van der Waals surface area contributed by atoms with E-state index in [-0.39, 0.29) is 30.6 Å². The van der Waals surface area contributed by atoms with Gasteiger partial charge < -0.3 is 4.74 Å². The molecule has 0 fully saturated rings. The van der Waals surface area contributed by atoms with Gasteiger partial charge in [0, 0.05) is 23.6 Å². The van der Waals surface area contributed by atoms with Gasteiger partial charge in [0.25, 0.3) is 0 Å². The standard InChI is InChI=1S/C20H22N2O5S2/c1-13-4-5-18(8-14(13)2)22(15(3)23)20-21-17(11-28-20)10-27-19(24)9-16-6-7-29(25,26)12-16/h4-8,11,16H,9-10,12H2,1-3H3/t16-/m0/s1. The first-order valence-corrected chi connectivity index (χ1v) is 11.6. The predicted octanol–water partition coefficient (Wildman–Crippen LogP) is 3.44. The lowest BCUT2D eigenvalue weighted by Crippen LogP contribution is -2.22. The van der Waals surface area contributed by atoms with Crippen LogP contribution in [0.4, 0.5) is 10.8 Å². The van der Waals surface area contributed by atoms with Crippen LogP contribution < -0.4 is 4.90 Å². The van der Waals surface area contributed by atoms with Crippen molar-refractivity contribution in [3.05, 3.63) is 51.9 Å². The molecule has 0 radical (unpaired) electrons. The summed E-state index contributed by atoms with van der Waals surface area (Å²) in [5.41, 5.74) is 3.46. The molecule has 0 saturated carbocycles. The van der Waals surface area contributed by atoms with E-state index in [2.05, 4.69) is 4.98 Å². The van der Waals surface area contributed by atoms with Crippen molar-refractivity contribution in [3.63, 3.8) is 0 Å². The van der Waals surface area contributed by atoms with Crippen LogP contribution in [-0.4, -0.2) is 31.0 Å². The van der Waals surface area contributed by atoms with Gasteiger partial charge in [-0.25, -0.2) is 13.4 Å². The molecule has 0 spiro atoms. The zero-order chi connectivity index (χ0) is 21.2. The van der Waals surface area contributed by atoms with Gasteiger partial charge in [-0.05, 0) is 37.1 Å². The van der Waals surface area contributed by atoms with Gasteiger partial charge >= 0.3 is 5.97 Å². The van der Waals surface area contributed by atoms with E-state index in [1.54, 1.807) is 5.38 Å². The summed E-state index contributed by atoms with van der Waals surface area (Å²) in [6.07, 6.45) is 1.53. The molecule has 1 aliphatic heterocycles. The monoisotopic (exact) mass is 434 g/mol. The molecule has 1 aliphatic rings. The van der Waals surface area contributed by atoms with E-state index < -0.39 is 15.8 Å². The summed E-state index contributed by atoms with van der Waals surface area (Å²) in [5.74, 6) is -1.06. The summed E-state index contributed by atoms with van der Waals surface area (Å²) in [6.45, 7) is 5.43. The van der Waals surface area contributed by atoms with Crippen molar-refractivity contribution in [1.82, 2.24) is 4.98 Å². The molecule has 1 amide bonds. The number of benzene rings is 1. The topological polar surface area (TPSA) is 93.6 Å². The Kier molecular flexibility index (Phi) is 6.18. The molecule has 0 N–H and O–H groups in total. The molecule has 2 aromatic rings. The summed E-state index contributed by atoms with van der Waals surface area (Å²) in [7, 11) is -3.19. The number of amides is 1. The number of sulfone groups is 1. The highest BCUT2D eigenvalue weighted by Crippen LogP contribution is 2.30. The molecule has 1 aromatic heterocycles. The van der Waals surface area contributed by atoms with Crippen LogP contribution in [0.1, 0.15) is 30.2 Å². The molecular weight excluding hydrogens is 412 g/mol. The Morgan fingerprint density at radius 3 is 2.66 bits per heavy atom. The second-order valence-corrected chi connectivity index (χ2v) is 9.80. The number of thiazole rings is 1. The number of ether oxygens (including phenoxy) is 1. The lowest BCUT2D eigenvalue weighted by Gasteiger charge is -2.19. The average molecular weight is 435 g/mol. The largest absolute Gasteiger partial charge is 0.459 e. The number of anilines is 2. The number of carbonyl (C=O) groups excluding carboxylic acids is 2. The quantitative estimate of drug-likeness (QED) is 0.647. The van der Waals surface area contributed by atoms with Crippen molar-refractivity contribution in [2.24, 2.45) is 5.92 Å². The number of rotatable bonds is 6. The molecule has 0 unspecified atom stereocenters.